The number of hydrogen-bond donors (Lipinski definition) is 2. The van der Waals surface area contributed by atoms with Gasteiger partial charge in [0.25, 0.3) is 0 Å². The van der Waals surface area contributed by atoms with E-state index in [4.69, 9.17) is 0 Å². The molecule has 6 heteroatoms. The first-order valence-electron chi connectivity index (χ1n) is 9.46. The summed E-state index contributed by atoms with van der Waals surface area (Å²) < 4.78 is 40.3. The molecule has 0 radical (unpaired) electrons. The molecule has 2 N–H and O–H groups in total. The van der Waals surface area contributed by atoms with Crippen molar-refractivity contribution >= 4 is 11.4 Å². The van der Waals surface area contributed by atoms with Crippen LogP contribution in [0.1, 0.15) is 28.3 Å². The summed E-state index contributed by atoms with van der Waals surface area (Å²) in [5, 5.41) is 6.68. The van der Waals surface area contributed by atoms with Crippen LogP contribution in [0, 0.1) is 0 Å². The van der Waals surface area contributed by atoms with Crippen molar-refractivity contribution in [2.24, 2.45) is 0 Å². The van der Waals surface area contributed by atoms with Gasteiger partial charge in [-0.05, 0) is 28.8 Å². The van der Waals surface area contributed by atoms with Crippen molar-refractivity contribution in [3.8, 4) is 0 Å². The molecular weight excluding hydrogens is 375 g/mol. The fourth-order valence-electron chi connectivity index (χ4n) is 3.71. The van der Waals surface area contributed by atoms with Crippen LogP contribution in [-0.4, -0.2) is 13.7 Å². The molecule has 29 heavy (non-hydrogen) atoms. The smallest absolute Gasteiger partial charge is 0.366 e. The second-order valence-corrected chi connectivity index (χ2v) is 7.20. The molecule has 3 nitrogen and oxygen atoms in total. The van der Waals surface area contributed by atoms with Crippen LogP contribution < -0.4 is 15.5 Å². The Bertz CT molecular complexity index is 932. The Labute approximate surface area is 168 Å². The Balaban J connectivity index is 1.68. The number of benzene rings is 3. The summed E-state index contributed by atoms with van der Waals surface area (Å²) >= 11 is 0. The number of rotatable bonds is 5. The van der Waals surface area contributed by atoms with E-state index < -0.39 is 11.7 Å². The van der Waals surface area contributed by atoms with Gasteiger partial charge in [-0.1, -0.05) is 60.7 Å². The summed E-state index contributed by atoms with van der Waals surface area (Å²) in [6.45, 7) is 0.798. The Kier molecular flexibility index (Phi) is 5.20. The number of halogens is 3. The van der Waals surface area contributed by atoms with Crippen LogP contribution in [0.3, 0.4) is 0 Å². The molecule has 0 fully saturated rings. The highest BCUT2D eigenvalue weighted by Gasteiger charge is 2.34. The van der Waals surface area contributed by atoms with E-state index in [-0.39, 0.29) is 6.04 Å². The highest BCUT2D eigenvalue weighted by atomic mass is 19.4. The lowest BCUT2D eigenvalue weighted by molar-refractivity contribution is -0.137. The molecular formula is C23H22F3N3. The number of nitrogens with zero attached hydrogens (tertiary/aromatic N) is 1. The molecule has 0 bridgehead atoms. The van der Waals surface area contributed by atoms with E-state index in [1.807, 2.05) is 60.7 Å². The highest BCUT2D eigenvalue weighted by molar-refractivity contribution is 5.78. The van der Waals surface area contributed by atoms with Gasteiger partial charge in [-0.25, -0.2) is 0 Å². The largest absolute Gasteiger partial charge is 0.416 e. The van der Waals surface area contributed by atoms with Crippen molar-refractivity contribution < 1.29 is 13.2 Å². The Morgan fingerprint density at radius 2 is 1.55 bits per heavy atom. The first kappa shape index (κ1) is 19.3. The molecule has 3 aromatic carbocycles. The molecule has 0 saturated heterocycles. The average molecular weight is 397 g/mol. The van der Waals surface area contributed by atoms with Crippen molar-refractivity contribution in [2.75, 3.05) is 23.9 Å². The van der Waals surface area contributed by atoms with Crippen molar-refractivity contribution in [3.63, 3.8) is 0 Å². The fraction of sp³-hybridized carbons (Fsp3) is 0.217. The molecule has 150 valence electrons. The summed E-state index contributed by atoms with van der Waals surface area (Å²) in [6, 6.07) is 22.2. The van der Waals surface area contributed by atoms with Gasteiger partial charge in [0.15, 0.2) is 0 Å². The van der Waals surface area contributed by atoms with Crippen LogP contribution >= 0.6 is 0 Å². The molecule has 1 heterocycles. The lowest BCUT2D eigenvalue weighted by atomic mass is 9.98. The van der Waals surface area contributed by atoms with E-state index >= 15 is 0 Å². The molecule has 3 aromatic rings. The van der Waals surface area contributed by atoms with Gasteiger partial charge in [0, 0.05) is 13.6 Å². The van der Waals surface area contributed by atoms with Crippen LogP contribution in [0.2, 0.25) is 0 Å². The van der Waals surface area contributed by atoms with Gasteiger partial charge in [0.1, 0.15) is 0 Å². The van der Waals surface area contributed by atoms with E-state index in [1.165, 1.54) is 12.1 Å². The van der Waals surface area contributed by atoms with Crippen LogP contribution in [0.5, 0.6) is 0 Å². The maximum absolute atomic E-state index is 13.4. The van der Waals surface area contributed by atoms with Gasteiger partial charge >= 0.3 is 6.18 Å². The fourth-order valence-corrected chi connectivity index (χ4v) is 3.71. The molecule has 1 aliphatic heterocycles. The summed E-state index contributed by atoms with van der Waals surface area (Å²) in [5.74, 6) is 0. The molecule has 0 unspecified atom stereocenters. The summed E-state index contributed by atoms with van der Waals surface area (Å²) in [4.78, 5) is 1.79. The first-order chi connectivity index (χ1) is 13.9. The minimum atomic E-state index is -4.38. The zero-order valence-corrected chi connectivity index (χ0v) is 16.0. The lowest BCUT2D eigenvalue weighted by Gasteiger charge is -2.22. The van der Waals surface area contributed by atoms with E-state index in [0.29, 0.717) is 24.5 Å². The molecule has 0 amide bonds. The van der Waals surface area contributed by atoms with E-state index in [0.717, 1.165) is 16.8 Å². The highest BCUT2D eigenvalue weighted by Crippen LogP contribution is 2.40. The monoisotopic (exact) mass is 397 g/mol. The topological polar surface area (TPSA) is 27.3 Å². The summed E-state index contributed by atoms with van der Waals surface area (Å²) in [6.07, 6.45) is -4.38. The zero-order chi connectivity index (χ0) is 20.4. The number of fused-ring (bicyclic) bond motifs is 1. The molecule has 0 aliphatic carbocycles. The Hall–Kier alpha value is -2.99. The standard InChI is InChI=1S/C23H22F3N3/c1-29-15-28-22-18(12-19(13-20(22)29)23(24,25)26)14-27-21(16-8-4-2-5-9-16)17-10-6-3-7-11-17/h2-13,21,27-28H,14-15H2,1H3. The van der Waals surface area contributed by atoms with Crippen molar-refractivity contribution in [1.29, 1.82) is 0 Å². The Morgan fingerprint density at radius 1 is 0.966 bits per heavy atom. The SMILES string of the molecule is CN1CNc2c(CNC(c3ccccc3)c3ccccc3)cc(C(F)(F)F)cc21. The van der Waals surface area contributed by atoms with Crippen LogP contribution in [0.4, 0.5) is 24.5 Å². The van der Waals surface area contributed by atoms with E-state index in [1.54, 1.807) is 11.9 Å². The third kappa shape index (κ3) is 4.07. The van der Waals surface area contributed by atoms with E-state index in [2.05, 4.69) is 10.6 Å². The number of hydrogen-bond acceptors (Lipinski definition) is 3. The minimum Gasteiger partial charge on any atom is -0.366 e. The van der Waals surface area contributed by atoms with E-state index in [9.17, 15) is 13.2 Å². The minimum absolute atomic E-state index is 0.123. The normalized spacial score (nSPS) is 13.5. The van der Waals surface area contributed by atoms with Crippen LogP contribution in [-0.2, 0) is 12.7 Å². The Morgan fingerprint density at radius 3 is 2.10 bits per heavy atom. The molecule has 4 rings (SSSR count). The van der Waals surface area contributed by atoms with Crippen LogP contribution in [0.15, 0.2) is 72.8 Å². The second-order valence-electron chi connectivity index (χ2n) is 7.20. The third-order valence-electron chi connectivity index (χ3n) is 5.19. The number of nitrogens with one attached hydrogen (secondary N) is 2. The van der Waals surface area contributed by atoms with Crippen molar-refractivity contribution in [1.82, 2.24) is 5.32 Å². The lowest BCUT2D eigenvalue weighted by Crippen LogP contribution is -2.22. The van der Waals surface area contributed by atoms with Crippen LogP contribution in [0.25, 0.3) is 0 Å². The predicted octanol–water partition coefficient (Wildman–Crippen LogP) is 5.40. The van der Waals surface area contributed by atoms with Gasteiger partial charge in [-0.2, -0.15) is 13.2 Å². The first-order valence-corrected chi connectivity index (χ1v) is 9.46. The molecule has 0 spiro atoms. The predicted molar refractivity (Wildman–Crippen MR) is 110 cm³/mol. The molecule has 0 saturated carbocycles. The van der Waals surface area contributed by atoms with Gasteiger partial charge in [-0.3, -0.25) is 0 Å². The molecule has 1 aliphatic rings. The van der Waals surface area contributed by atoms with Crippen molar-refractivity contribution in [2.45, 2.75) is 18.8 Å². The molecule has 0 aromatic heterocycles. The maximum Gasteiger partial charge on any atom is 0.416 e. The van der Waals surface area contributed by atoms with Gasteiger partial charge in [0.2, 0.25) is 0 Å². The average Bonchev–Trinajstić information content (AvgIpc) is 3.10. The quantitative estimate of drug-likeness (QED) is 0.603. The number of alkyl halides is 3. The second kappa shape index (κ2) is 7.79. The zero-order valence-electron chi connectivity index (χ0n) is 16.0. The third-order valence-corrected chi connectivity index (χ3v) is 5.19. The van der Waals surface area contributed by atoms with Gasteiger partial charge in [0.05, 0.1) is 29.6 Å². The molecule has 0 atom stereocenters. The number of anilines is 2. The van der Waals surface area contributed by atoms with Crippen molar-refractivity contribution in [3.05, 3.63) is 95.1 Å². The maximum atomic E-state index is 13.4. The van der Waals surface area contributed by atoms with Gasteiger partial charge in [-0.15, -0.1) is 0 Å². The summed E-state index contributed by atoms with van der Waals surface area (Å²) in [5.41, 5.74) is 3.44. The van der Waals surface area contributed by atoms with Gasteiger partial charge < -0.3 is 15.5 Å². The summed E-state index contributed by atoms with van der Waals surface area (Å²) in [7, 11) is 1.78.